The van der Waals surface area contributed by atoms with Crippen molar-refractivity contribution in [1.82, 2.24) is 34.6 Å². The van der Waals surface area contributed by atoms with Crippen molar-refractivity contribution < 1.29 is 19.4 Å². The summed E-state index contributed by atoms with van der Waals surface area (Å²) in [5.74, 6) is -1.04. The van der Waals surface area contributed by atoms with Crippen LogP contribution in [-0.4, -0.2) is 71.4 Å². The summed E-state index contributed by atoms with van der Waals surface area (Å²) in [6.07, 6.45) is 1.74. The number of aromatic nitrogens is 7. The molecule has 10 rings (SSSR count). The molecule has 8 aromatic rings. The third kappa shape index (κ3) is 6.38. The van der Waals surface area contributed by atoms with Crippen LogP contribution in [0.25, 0.3) is 33.2 Å². The van der Waals surface area contributed by atoms with E-state index in [1.807, 2.05) is 135 Å². The molecule has 2 aliphatic heterocycles. The number of aryl methyl sites for hydroxylation is 1. The van der Waals surface area contributed by atoms with Crippen LogP contribution in [0.15, 0.2) is 137 Å². The van der Waals surface area contributed by atoms with Gasteiger partial charge < -0.3 is 19.5 Å². The molecule has 2 aliphatic rings. The van der Waals surface area contributed by atoms with E-state index in [1.54, 1.807) is 21.7 Å². The maximum Gasteiger partial charge on any atom is 0.279 e. The van der Waals surface area contributed by atoms with Crippen molar-refractivity contribution in [3.8, 4) is 11.4 Å². The molecule has 314 valence electrons. The van der Waals surface area contributed by atoms with Crippen LogP contribution in [0.3, 0.4) is 0 Å². The summed E-state index contributed by atoms with van der Waals surface area (Å²) < 4.78 is 11.9. The van der Waals surface area contributed by atoms with Gasteiger partial charge in [-0.2, -0.15) is 0 Å². The average Bonchev–Trinajstić information content (AvgIpc) is 4.08. The minimum absolute atomic E-state index is 0.125. The number of H-pyrrole nitrogens is 2. The zero-order valence-electron chi connectivity index (χ0n) is 34.5. The van der Waals surface area contributed by atoms with Crippen LogP contribution in [0.5, 0.6) is 0 Å². The largest absolute Gasteiger partial charge is 0.432 e. The van der Waals surface area contributed by atoms with Crippen molar-refractivity contribution in [3.63, 3.8) is 0 Å². The number of fused-ring (bicyclic) bond motifs is 4. The van der Waals surface area contributed by atoms with Gasteiger partial charge in [-0.25, -0.2) is 9.36 Å². The van der Waals surface area contributed by atoms with Gasteiger partial charge in [-0.3, -0.25) is 29.3 Å². The lowest BCUT2D eigenvalue weighted by atomic mass is 9.82. The number of amides is 1. The molecule has 14 nitrogen and oxygen atoms in total. The topological polar surface area (TPSA) is 176 Å². The second-order valence-corrected chi connectivity index (χ2v) is 21.0. The second kappa shape index (κ2) is 15.1. The Labute approximate surface area is 356 Å². The SMILES string of the molecule is C[C@@H]1[C@@H]([Si](C)(C)O)[C@H](CCn2cc(C(CO)c3ccccc3)nn2)O[C@@]12C(=O)N(Cc1ccc(-n3[nH]c4ccccc4c3=O)cc1)c1ccc(-n3[nH]c4ccccc4c3=O)cc12. The number of nitrogens with one attached hydrogen (secondary N) is 2. The molecular formula is C47H46N8O6Si. The van der Waals surface area contributed by atoms with Gasteiger partial charge in [0.15, 0.2) is 13.9 Å². The summed E-state index contributed by atoms with van der Waals surface area (Å²) in [6.45, 7) is 6.26. The Morgan fingerprint density at radius 2 is 1.42 bits per heavy atom. The Balaban J connectivity index is 1.01. The maximum absolute atomic E-state index is 15.4. The van der Waals surface area contributed by atoms with Crippen molar-refractivity contribution in [2.24, 2.45) is 5.92 Å². The minimum atomic E-state index is -3.02. The number of carbonyl (C=O) groups excluding carboxylic acids is 1. The molecule has 62 heavy (non-hydrogen) atoms. The summed E-state index contributed by atoms with van der Waals surface area (Å²) in [5.41, 5.74) is 4.12. The highest BCUT2D eigenvalue weighted by Gasteiger charge is 2.66. The summed E-state index contributed by atoms with van der Waals surface area (Å²) in [5, 5.41) is 26.7. The molecule has 3 aromatic heterocycles. The van der Waals surface area contributed by atoms with Crippen molar-refractivity contribution in [1.29, 1.82) is 0 Å². The molecule has 1 spiro atoms. The van der Waals surface area contributed by atoms with Crippen LogP contribution in [0.1, 0.15) is 41.6 Å². The predicted octanol–water partition coefficient (Wildman–Crippen LogP) is 6.10. The smallest absolute Gasteiger partial charge is 0.279 e. The van der Waals surface area contributed by atoms with Crippen LogP contribution < -0.4 is 16.0 Å². The van der Waals surface area contributed by atoms with Gasteiger partial charge in [0.1, 0.15) is 0 Å². The molecule has 0 bridgehead atoms. The summed E-state index contributed by atoms with van der Waals surface area (Å²) in [4.78, 5) is 56.0. The van der Waals surface area contributed by atoms with E-state index < -0.39 is 25.9 Å². The first-order chi connectivity index (χ1) is 30.0. The molecule has 15 heteroatoms. The van der Waals surface area contributed by atoms with Gasteiger partial charge in [0.05, 0.1) is 69.7 Å². The molecule has 1 saturated heterocycles. The van der Waals surface area contributed by atoms with Crippen LogP contribution in [0.4, 0.5) is 5.69 Å². The van der Waals surface area contributed by atoms with E-state index in [2.05, 4.69) is 20.5 Å². The van der Waals surface area contributed by atoms with Gasteiger partial charge in [-0.15, -0.1) is 5.10 Å². The average molecular weight is 847 g/mol. The highest BCUT2D eigenvalue weighted by atomic mass is 28.4. The molecule has 0 saturated carbocycles. The van der Waals surface area contributed by atoms with Gasteiger partial charge in [-0.1, -0.05) is 78.9 Å². The van der Waals surface area contributed by atoms with Gasteiger partial charge in [0.25, 0.3) is 17.0 Å². The van der Waals surface area contributed by atoms with Crippen LogP contribution in [0, 0.1) is 5.92 Å². The van der Waals surface area contributed by atoms with Crippen LogP contribution in [-0.2, 0) is 28.2 Å². The highest BCUT2D eigenvalue weighted by molar-refractivity contribution is 6.71. The standard InChI is InChI=1S/C47H46N8O6Si/c1-29-43(62(2,3)60)42(23-24-52-27-40(48-51-52)36(28-56)31-11-5-4-6-12-31)61-47(29)37-25-33(55-45(58)35-14-8-10-16-39(35)50-55)21-22-41(37)53(46(47)59)26-30-17-19-32(20-18-30)54-44(57)34-13-7-9-15-38(34)49-54/h4-22,25,27,29,36,42-43,49-50,56,60H,23-24,26,28H2,1-3H3/t29-,36?,42+,43-,47+/m1/s1. The molecule has 0 aliphatic carbocycles. The van der Waals surface area contributed by atoms with Crippen molar-refractivity contribution >= 4 is 41.7 Å². The molecule has 4 N–H and O–H groups in total. The number of para-hydroxylation sites is 2. The predicted molar refractivity (Wildman–Crippen MR) is 238 cm³/mol. The van der Waals surface area contributed by atoms with Crippen molar-refractivity contribution in [2.75, 3.05) is 11.5 Å². The Hall–Kier alpha value is -6.65. The van der Waals surface area contributed by atoms with Gasteiger partial charge >= 0.3 is 0 Å². The fraction of sp³-hybridized carbons (Fsp3) is 0.255. The number of hydrogen-bond acceptors (Lipinski definition) is 8. The monoisotopic (exact) mass is 846 g/mol. The maximum atomic E-state index is 15.4. The van der Waals surface area contributed by atoms with Crippen molar-refractivity contribution in [3.05, 3.63) is 171 Å². The summed E-state index contributed by atoms with van der Waals surface area (Å²) in [6, 6.07) is 37.5. The van der Waals surface area contributed by atoms with E-state index in [4.69, 9.17) is 4.74 Å². The van der Waals surface area contributed by atoms with Crippen molar-refractivity contribution in [2.45, 2.75) is 62.7 Å². The Morgan fingerprint density at radius 1 is 0.806 bits per heavy atom. The molecule has 1 fully saturated rings. The number of aliphatic hydroxyl groups excluding tert-OH is 1. The molecular weight excluding hydrogens is 801 g/mol. The number of carbonyl (C=O) groups is 1. The third-order valence-corrected chi connectivity index (χ3v) is 15.4. The summed E-state index contributed by atoms with van der Waals surface area (Å²) >= 11 is 0. The third-order valence-electron chi connectivity index (χ3n) is 12.9. The fourth-order valence-corrected chi connectivity index (χ4v) is 12.5. The second-order valence-electron chi connectivity index (χ2n) is 17.1. The number of hydrogen-bond donors (Lipinski definition) is 4. The molecule has 5 aromatic carbocycles. The quantitative estimate of drug-likeness (QED) is 0.113. The van der Waals surface area contributed by atoms with Crippen LogP contribution in [0.2, 0.25) is 18.6 Å². The number of rotatable bonds is 11. The number of aromatic amines is 2. The number of ether oxygens (including phenoxy) is 1. The van der Waals surface area contributed by atoms with E-state index >= 15 is 4.79 Å². The van der Waals surface area contributed by atoms with E-state index in [9.17, 15) is 19.5 Å². The fourth-order valence-electron chi connectivity index (χ4n) is 9.94. The normalized spacial score (nSPS) is 20.5. The molecule has 0 radical (unpaired) electrons. The lowest BCUT2D eigenvalue weighted by molar-refractivity contribution is -0.146. The first kappa shape index (κ1) is 39.5. The number of nitrogens with zero attached hydrogens (tertiary/aromatic N) is 6. The zero-order chi connectivity index (χ0) is 42.9. The first-order valence-corrected chi connectivity index (χ1v) is 23.9. The number of aliphatic hydroxyl groups is 1. The van der Waals surface area contributed by atoms with Gasteiger partial charge in [0.2, 0.25) is 0 Å². The van der Waals surface area contributed by atoms with E-state index in [0.717, 1.165) is 16.6 Å². The zero-order valence-corrected chi connectivity index (χ0v) is 35.5. The first-order valence-electron chi connectivity index (χ1n) is 20.9. The Bertz CT molecular complexity index is 3090. The minimum Gasteiger partial charge on any atom is -0.432 e. The van der Waals surface area contributed by atoms with E-state index in [-0.39, 0.29) is 41.6 Å². The highest BCUT2D eigenvalue weighted by Crippen LogP contribution is 2.60. The van der Waals surface area contributed by atoms with Gasteiger partial charge in [0, 0.05) is 29.8 Å². The van der Waals surface area contributed by atoms with E-state index in [1.165, 1.54) is 9.36 Å². The molecule has 1 amide bonds. The number of benzene rings is 5. The van der Waals surface area contributed by atoms with E-state index in [0.29, 0.717) is 57.6 Å². The molecule has 5 atom stereocenters. The molecule has 1 unspecified atom stereocenters. The van der Waals surface area contributed by atoms with Crippen LogP contribution >= 0.6 is 0 Å². The summed E-state index contributed by atoms with van der Waals surface area (Å²) in [7, 11) is -3.02. The Morgan fingerprint density at radius 3 is 2.05 bits per heavy atom. The van der Waals surface area contributed by atoms with Gasteiger partial charge in [-0.05, 0) is 85.2 Å². The Kier molecular flexibility index (Phi) is 9.59. The molecule has 5 heterocycles. The number of anilines is 1. The lowest BCUT2D eigenvalue weighted by Gasteiger charge is -2.32. The lowest BCUT2D eigenvalue weighted by Crippen LogP contribution is -2.46.